The van der Waals surface area contributed by atoms with Crippen LogP contribution in [-0.4, -0.2) is 37.7 Å². The van der Waals surface area contributed by atoms with Crippen LogP contribution in [0.4, 0.5) is 0 Å². The third-order valence-corrected chi connectivity index (χ3v) is 3.98. The first-order valence-electron chi connectivity index (χ1n) is 7.07. The molecular formula is C15H21N3O4S2. The highest BCUT2D eigenvalue weighted by molar-refractivity contribution is 7.98. The molecule has 1 aliphatic rings. The number of hydrogen-bond donors (Lipinski definition) is 3. The van der Waals surface area contributed by atoms with Crippen molar-refractivity contribution in [3.8, 4) is 0 Å². The predicted molar refractivity (Wildman–Crippen MR) is 97.4 cm³/mol. The highest BCUT2D eigenvalue weighted by Crippen LogP contribution is 2.30. The fourth-order valence-electron chi connectivity index (χ4n) is 2.26. The largest absolute Gasteiger partial charge is 0.322 e. The molecule has 1 aromatic rings. The molecule has 0 heterocycles. The second-order valence-electron chi connectivity index (χ2n) is 5.04. The van der Waals surface area contributed by atoms with E-state index in [0.717, 1.165) is 30.4 Å². The Kier molecular flexibility index (Phi) is 7.96. The lowest BCUT2D eigenvalue weighted by Gasteiger charge is -2.08. The molecule has 132 valence electrons. The molecule has 1 aliphatic carbocycles. The van der Waals surface area contributed by atoms with Crippen molar-refractivity contribution < 1.29 is 17.8 Å². The molecule has 9 heteroatoms. The molecule has 0 saturated carbocycles. The van der Waals surface area contributed by atoms with Crippen molar-refractivity contribution in [1.82, 2.24) is 5.32 Å². The van der Waals surface area contributed by atoms with E-state index in [4.69, 9.17) is 10.4 Å². The Morgan fingerprint density at radius 3 is 2.67 bits per heavy atom. The number of nitrogens with two attached hydrogens (primary N) is 1. The molecule has 7 nitrogen and oxygen atoms in total. The van der Waals surface area contributed by atoms with Gasteiger partial charge in [-0.25, -0.2) is 0 Å². The van der Waals surface area contributed by atoms with Gasteiger partial charge in [-0.05, 0) is 48.8 Å². The van der Waals surface area contributed by atoms with Gasteiger partial charge in [0.2, 0.25) is 0 Å². The maximum Gasteiger partial charge on any atom is 0.261 e. The SMILES string of the molecule is CS(=O)(=O)O.CSc1cccc2c1CCCC(C(=O)NC=NN)=C2. The van der Waals surface area contributed by atoms with Crippen LogP contribution < -0.4 is 11.2 Å². The minimum Gasteiger partial charge on any atom is -0.322 e. The van der Waals surface area contributed by atoms with Gasteiger partial charge in [0.25, 0.3) is 16.0 Å². The fourth-order valence-corrected chi connectivity index (χ4v) is 2.94. The van der Waals surface area contributed by atoms with Crippen LogP contribution in [0.25, 0.3) is 6.08 Å². The van der Waals surface area contributed by atoms with Crippen LogP contribution in [0.2, 0.25) is 0 Å². The number of nitrogens with zero attached hydrogens (tertiary/aromatic N) is 1. The first-order valence-corrected chi connectivity index (χ1v) is 10.1. The summed E-state index contributed by atoms with van der Waals surface area (Å²) in [6, 6.07) is 6.22. The van der Waals surface area contributed by atoms with Crippen LogP contribution in [0.3, 0.4) is 0 Å². The Morgan fingerprint density at radius 1 is 1.42 bits per heavy atom. The van der Waals surface area contributed by atoms with E-state index in [0.29, 0.717) is 6.26 Å². The summed E-state index contributed by atoms with van der Waals surface area (Å²) < 4.78 is 25.9. The summed E-state index contributed by atoms with van der Waals surface area (Å²) in [5, 5.41) is 5.84. The molecule has 1 aromatic carbocycles. The quantitative estimate of drug-likeness (QED) is 0.185. The molecule has 0 fully saturated rings. The number of rotatable bonds is 3. The van der Waals surface area contributed by atoms with Crippen molar-refractivity contribution in [2.45, 2.75) is 24.2 Å². The van der Waals surface area contributed by atoms with E-state index in [1.54, 1.807) is 11.8 Å². The number of hydrogen-bond acceptors (Lipinski definition) is 6. The van der Waals surface area contributed by atoms with Crippen molar-refractivity contribution in [1.29, 1.82) is 0 Å². The minimum atomic E-state index is -3.67. The third-order valence-electron chi connectivity index (χ3n) is 3.15. The number of hydrazone groups is 1. The predicted octanol–water partition coefficient (Wildman–Crippen LogP) is 1.65. The number of benzene rings is 1. The molecule has 0 atom stereocenters. The average molecular weight is 371 g/mol. The van der Waals surface area contributed by atoms with Gasteiger partial charge in [-0.2, -0.15) is 13.5 Å². The zero-order chi connectivity index (χ0) is 18.2. The van der Waals surface area contributed by atoms with Crippen LogP contribution >= 0.6 is 11.8 Å². The summed E-state index contributed by atoms with van der Waals surface area (Å²) >= 11 is 1.75. The molecular weight excluding hydrogens is 350 g/mol. The van der Waals surface area contributed by atoms with Crippen molar-refractivity contribution in [2.75, 3.05) is 12.5 Å². The maximum atomic E-state index is 11.9. The van der Waals surface area contributed by atoms with E-state index in [9.17, 15) is 13.2 Å². The molecule has 1 amide bonds. The average Bonchev–Trinajstić information content (AvgIpc) is 2.73. The zero-order valence-corrected chi connectivity index (χ0v) is 15.2. The molecule has 0 saturated heterocycles. The standard InChI is InChI=1S/C14H17N3OS.CH4O3S/c1-19-13-7-3-4-10-8-11(5-2-6-12(10)13)14(18)16-9-17-15;1-5(2,3)4/h3-4,7-9H,2,5-6,15H2,1H3,(H,16,17,18);1H3,(H,2,3,4). The Hall–Kier alpha value is -1.84. The topological polar surface area (TPSA) is 122 Å². The van der Waals surface area contributed by atoms with E-state index in [1.165, 1.54) is 16.8 Å². The Balaban J connectivity index is 0.000000505. The summed E-state index contributed by atoms with van der Waals surface area (Å²) in [5.74, 6) is 4.86. The van der Waals surface area contributed by atoms with Crippen molar-refractivity contribution >= 4 is 40.2 Å². The van der Waals surface area contributed by atoms with Crippen LogP contribution in [0.15, 0.2) is 33.8 Å². The van der Waals surface area contributed by atoms with Gasteiger partial charge in [0.15, 0.2) is 0 Å². The normalized spacial score (nSPS) is 14.0. The lowest BCUT2D eigenvalue weighted by atomic mass is 10.0. The summed E-state index contributed by atoms with van der Waals surface area (Å²) in [6.07, 6.45) is 8.73. The second-order valence-corrected chi connectivity index (χ2v) is 7.35. The number of thioether (sulfide) groups is 1. The van der Waals surface area contributed by atoms with Gasteiger partial charge in [0.1, 0.15) is 6.34 Å². The van der Waals surface area contributed by atoms with Crippen LogP contribution in [0.1, 0.15) is 24.0 Å². The number of nitrogens with one attached hydrogen (secondary N) is 1. The van der Waals surface area contributed by atoms with Crippen molar-refractivity contribution in [3.63, 3.8) is 0 Å². The minimum absolute atomic E-state index is 0.128. The maximum absolute atomic E-state index is 11.9. The lowest BCUT2D eigenvalue weighted by Crippen LogP contribution is -2.23. The molecule has 0 spiro atoms. The smallest absolute Gasteiger partial charge is 0.261 e. The van der Waals surface area contributed by atoms with Gasteiger partial charge in [0, 0.05) is 10.5 Å². The highest BCUT2D eigenvalue weighted by Gasteiger charge is 2.15. The van der Waals surface area contributed by atoms with Gasteiger partial charge in [-0.3, -0.25) is 9.35 Å². The van der Waals surface area contributed by atoms with Crippen LogP contribution in [-0.2, 0) is 21.3 Å². The summed E-state index contributed by atoms with van der Waals surface area (Å²) in [6.45, 7) is 0. The number of amides is 1. The number of carbonyl (C=O) groups excluding carboxylic acids is 1. The summed E-state index contributed by atoms with van der Waals surface area (Å²) in [4.78, 5) is 13.2. The molecule has 0 bridgehead atoms. The molecule has 24 heavy (non-hydrogen) atoms. The van der Waals surface area contributed by atoms with E-state index in [1.807, 2.05) is 12.1 Å². The van der Waals surface area contributed by atoms with Gasteiger partial charge >= 0.3 is 0 Å². The fraction of sp³-hybridized carbons (Fsp3) is 0.333. The molecule has 0 radical (unpaired) electrons. The zero-order valence-electron chi connectivity index (χ0n) is 13.5. The second kappa shape index (κ2) is 9.45. The monoisotopic (exact) mass is 371 g/mol. The number of carbonyl (C=O) groups is 1. The van der Waals surface area contributed by atoms with Gasteiger partial charge in [-0.1, -0.05) is 12.1 Å². The number of fused-ring (bicyclic) bond motifs is 1. The molecule has 2 rings (SSSR count). The van der Waals surface area contributed by atoms with E-state index >= 15 is 0 Å². The first kappa shape index (κ1) is 20.2. The van der Waals surface area contributed by atoms with Crippen LogP contribution in [0, 0.1) is 0 Å². The summed E-state index contributed by atoms with van der Waals surface area (Å²) in [5.41, 5.74) is 3.25. The van der Waals surface area contributed by atoms with E-state index in [2.05, 4.69) is 28.8 Å². The van der Waals surface area contributed by atoms with Gasteiger partial charge in [0.05, 0.1) is 6.26 Å². The highest BCUT2D eigenvalue weighted by atomic mass is 32.2. The van der Waals surface area contributed by atoms with Crippen molar-refractivity contribution in [2.24, 2.45) is 10.9 Å². The molecule has 0 aliphatic heterocycles. The van der Waals surface area contributed by atoms with E-state index < -0.39 is 10.1 Å². The van der Waals surface area contributed by atoms with Crippen molar-refractivity contribution in [3.05, 3.63) is 34.9 Å². The summed E-state index contributed by atoms with van der Waals surface area (Å²) in [7, 11) is -3.67. The molecule has 4 N–H and O–H groups in total. The van der Waals surface area contributed by atoms with E-state index in [-0.39, 0.29) is 5.91 Å². The Labute approximate surface area is 146 Å². The van der Waals surface area contributed by atoms with Crippen LogP contribution in [0.5, 0.6) is 0 Å². The first-order chi connectivity index (χ1) is 11.3. The van der Waals surface area contributed by atoms with Gasteiger partial charge in [-0.15, -0.1) is 11.8 Å². The third kappa shape index (κ3) is 7.16. The molecule has 0 unspecified atom stereocenters. The molecule has 0 aromatic heterocycles. The lowest BCUT2D eigenvalue weighted by molar-refractivity contribution is -0.116. The van der Waals surface area contributed by atoms with Gasteiger partial charge < -0.3 is 11.2 Å². The Morgan fingerprint density at radius 2 is 2.08 bits per heavy atom. The Bertz CT molecular complexity index is 735.